The molecular weight excluding hydrogens is 214 g/mol. The summed E-state index contributed by atoms with van der Waals surface area (Å²) in [5.41, 5.74) is 7.40. The van der Waals surface area contributed by atoms with Crippen molar-refractivity contribution in [3.05, 3.63) is 28.3 Å². The van der Waals surface area contributed by atoms with Gasteiger partial charge < -0.3 is 10.5 Å². The molecule has 0 amide bonds. The average Bonchev–Trinajstić information content (AvgIpc) is 2.19. The fourth-order valence-corrected chi connectivity index (χ4v) is 1.63. The third-order valence-corrected chi connectivity index (χ3v) is 2.61. The maximum atomic E-state index is 11.2. The van der Waals surface area contributed by atoms with Gasteiger partial charge in [-0.2, -0.15) is 0 Å². The molecule has 0 saturated carbocycles. The number of rotatable bonds is 3. The Morgan fingerprint density at radius 3 is 2.60 bits per heavy atom. The molecule has 4 heteroatoms. The quantitative estimate of drug-likeness (QED) is 0.862. The molecular formula is C11H14ClNO2. The third-order valence-electron chi connectivity index (χ3n) is 2.31. The summed E-state index contributed by atoms with van der Waals surface area (Å²) in [5, 5.41) is 0.467. The smallest absolute Gasteiger partial charge is 0.150 e. The Balaban J connectivity index is 3.21. The number of ketones is 1. The normalized spacial score (nSPS) is 12.3. The summed E-state index contributed by atoms with van der Waals surface area (Å²) in [6, 6.07) is 2.84. The van der Waals surface area contributed by atoms with E-state index in [4.69, 9.17) is 22.1 Å². The van der Waals surface area contributed by atoms with Crippen LogP contribution in [0.5, 0.6) is 5.75 Å². The lowest BCUT2D eigenvalue weighted by Crippen LogP contribution is -2.19. The van der Waals surface area contributed by atoms with Crippen molar-refractivity contribution in [2.45, 2.75) is 19.9 Å². The summed E-state index contributed by atoms with van der Waals surface area (Å²) < 4.78 is 5.06. The zero-order valence-corrected chi connectivity index (χ0v) is 9.76. The lowest BCUT2D eigenvalue weighted by molar-refractivity contribution is -0.118. The average molecular weight is 228 g/mol. The Kier molecular flexibility index (Phi) is 3.72. The van der Waals surface area contributed by atoms with Crippen molar-refractivity contribution in [2.24, 2.45) is 5.73 Å². The number of methoxy groups -OCH3 is 1. The molecule has 15 heavy (non-hydrogen) atoms. The van der Waals surface area contributed by atoms with Gasteiger partial charge in [-0.15, -0.1) is 0 Å². The van der Waals surface area contributed by atoms with Gasteiger partial charge in [0, 0.05) is 0 Å². The Hall–Kier alpha value is -1.06. The fourth-order valence-electron chi connectivity index (χ4n) is 1.38. The van der Waals surface area contributed by atoms with Crippen LogP contribution in [0.15, 0.2) is 12.1 Å². The molecule has 0 saturated heterocycles. The van der Waals surface area contributed by atoms with Crippen LogP contribution in [0.3, 0.4) is 0 Å². The van der Waals surface area contributed by atoms with E-state index in [0.29, 0.717) is 10.8 Å². The number of hydrogen-bond donors (Lipinski definition) is 1. The highest BCUT2D eigenvalue weighted by atomic mass is 35.5. The summed E-state index contributed by atoms with van der Waals surface area (Å²) in [6.45, 7) is 3.33. The molecule has 0 aliphatic carbocycles. The summed E-state index contributed by atoms with van der Waals surface area (Å²) in [6.07, 6.45) is 0. The molecule has 1 unspecified atom stereocenters. The molecule has 1 aromatic rings. The molecule has 0 aromatic heterocycles. The lowest BCUT2D eigenvalue weighted by atomic mass is 9.99. The van der Waals surface area contributed by atoms with Gasteiger partial charge in [-0.25, -0.2) is 0 Å². The van der Waals surface area contributed by atoms with Crippen LogP contribution in [-0.4, -0.2) is 12.9 Å². The highest BCUT2D eigenvalue weighted by Crippen LogP contribution is 2.30. The number of hydrogen-bond acceptors (Lipinski definition) is 3. The molecule has 1 aromatic carbocycles. The van der Waals surface area contributed by atoms with Crippen molar-refractivity contribution < 1.29 is 9.53 Å². The summed E-state index contributed by atoms with van der Waals surface area (Å²) >= 11 is 5.96. The first-order valence-electron chi connectivity index (χ1n) is 4.57. The molecule has 0 radical (unpaired) electrons. The van der Waals surface area contributed by atoms with E-state index in [1.165, 1.54) is 6.92 Å². The molecule has 1 rings (SSSR count). The zero-order chi connectivity index (χ0) is 11.6. The minimum atomic E-state index is -0.617. The van der Waals surface area contributed by atoms with Crippen LogP contribution in [0.25, 0.3) is 0 Å². The lowest BCUT2D eigenvalue weighted by Gasteiger charge is -2.14. The molecule has 0 spiro atoms. The molecule has 3 nitrogen and oxygen atoms in total. The summed E-state index contributed by atoms with van der Waals surface area (Å²) in [7, 11) is 1.55. The van der Waals surface area contributed by atoms with Gasteiger partial charge in [-0.1, -0.05) is 11.6 Å². The largest absolute Gasteiger partial charge is 0.495 e. The van der Waals surface area contributed by atoms with E-state index < -0.39 is 6.04 Å². The van der Waals surface area contributed by atoms with Crippen LogP contribution in [0.2, 0.25) is 5.02 Å². The first-order valence-corrected chi connectivity index (χ1v) is 4.95. The van der Waals surface area contributed by atoms with Gasteiger partial charge >= 0.3 is 0 Å². The Morgan fingerprint density at radius 1 is 1.53 bits per heavy atom. The Bertz CT molecular complexity index is 390. The molecule has 0 heterocycles. The number of benzene rings is 1. The van der Waals surface area contributed by atoms with E-state index in [1.807, 2.05) is 6.92 Å². The van der Waals surface area contributed by atoms with E-state index in [1.54, 1.807) is 19.2 Å². The maximum absolute atomic E-state index is 11.2. The topological polar surface area (TPSA) is 52.3 Å². The van der Waals surface area contributed by atoms with Gasteiger partial charge in [0.05, 0.1) is 18.2 Å². The number of nitrogens with two attached hydrogens (primary N) is 1. The van der Waals surface area contributed by atoms with Crippen molar-refractivity contribution in [2.75, 3.05) is 7.11 Å². The van der Waals surface area contributed by atoms with Gasteiger partial charge in [0.2, 0.25) is 0 Å². The van der Waals surface area contributed by atoms with Gasteiger partial charge in [0.1, 0.15) is 5.75 Å². The first-order chi connectivity index (χ1) is 6.97. The minimum Gasteiger partial charge on any atom is -0.495 e. The molecule has 0 fully saturated rings. The van der Waals surface area contributed by atoms with E-state index in [9.17, 15) is 4.79 Å². The van der Waals surface area contributed by atoms with Crippen LogP contribution < -0.4 is 10.5 Å². The van der Waals surface area contributed by atoms with Crippen LogP contribution in [0, 0.1) is 6.92 Å². The predicted octanol–water partition coefficient (Wildman–Crippen LogP) is 2.25. The van der Waals surface area contributed by atoms with Gasteiger partial charge in [-0.05, 0) is 37.1 Å². The van der Waals surface area contributed by atoms with Crippen LogP contribution in [0.4, 0.5) is 0 Å². The third kappa shape index (κ3) is 2.49. The highest BCUT2D eigenvalue weighted by molar-refractivity contribution is 6.32. The van der Waals surface area contributed by atoms with Gasteiger partial charge in [0.15, 0.2) is 5.78 Å². The zero-order valence-electron chi connectivity index (χ0n) is 9.00. The van der Waals surface area contributed by atoms with Crippen molar-refractivity contribution in [1.82, 2.24) is 0 Å². The van der Waals surface area contributed by atoms with E-state index in [2.05, 4.69) is 0 Å². The van der Waals surface area contributed by atoms with Crippen molar-refractivity contribution in [3.63, 3.8) is 0 Å². The monoisotopic (exact) mass is 227 g/mol. The second-order valence-corrected chi connectivity index (χ2v) is 3.84. The van der Waals surface area contributed by atoms with Gasteiger partial charge in [0.25, 0.3) is 0 Å². The Labute approximate surface area is 94.2 Å². The highest BCUT2D eigenvalue weighted by Gasteiger charge is 2.15. The number of halogens is 1. The van der Waals surface area contributed by atoms with Crippen molar-refractivity contribution in [3.8, 4) is 5.75 Å². The molecule has 1 atom stereocenters. The standard InChI is InChI=1S/C11H14ClNO2/c1-6-4-10(15-3)9(12)5-8(6)11(13)7(2)14/h4-5,11H,13H2,1-3H3. The minimum absolute atomic E-state index is 0.0840. The maximum Gasteiger partial charge on any atom is 0.150 e. The SMILES string of the molecule is COc1cc(C)c(C(N)C(C)=O)cc1Cl. The van der Waals surface area contributed by atoms with E-state index in [-0.39, 0.29) is 5.78 Å². The molecule has 0 bridgehead atoms. The van der Waals surface area contributed by atoms with Crippen molar-refractivity contribution in [1.29, 1.82) is 0 Å². The number of ether oxygens (including phenoxy) is 1. The van der Waals surface area contributed by atoms with Crippen LogP contribution in [-0.2, 0) is 4.79 Å². The second kappa shape index (κ2) is 4.64. The number of carbonyl (C=O) groups excluding carboxylic acids is 1. The van der Waals surface area contributed by atoms with Crippen LogP contribution >= 0.6 is 11.6 Å². The Morgan fingerprint density at radius 2 is 2.13 bits per heavy atom. The molecule has 0 aliphatic heterocycles. The predicted molar refractivity (Wildman–Crippen MR) is 60.4 cm³/mol. The van der Waals surface area contributed by atoms with E-state index in [0.717, 1.165) is 11.1 Å². The van der Waals surface area contributed by atoms with Gasteiger partial charge in [-0.3, -0.25) is 4.79 Å². The fraction of sp³-hybridized carbons (Fsp3) is 0.364. The number of aryl methyl sites for hydroxylation is 1. The molecule has 0 aliphatic rings. The summed E-state index contributed by atoms with van der Waals surface area (Å²) in [5.74, 6) is 0.507. The van der Waals surface area contributed by atoms with Crippen LogP contribution in [0.1, 0.15) is 24.1 Å². The van der Waals surface area contributed by atoms with Crippen molar-refractivity contribution >= 4 is 17.4 Å². The first kappa shape index (κ1) is 12.0. The summed E-state index contributed by atoms with van der Waals surface area (Å²) in [4.78, 5) is 11.2. The second-order valence-electron chi connectivity index (χ2n) is 3.43. The van der Waals surface area contributed by atoms with E-state index >= 15 is 0 Å². The number of Topliss-reactive ketones (excluding diaryl/α,β-unsaturated/α-hetero) is 1. The molecule has 82 valence electrons. The molecule has 2 N–H and O–H groups in total. The number of carbonyl (C=O) groups is 1.